The molecule has 1 aliphatic carbocycles. The Labute approximate surface area is 169 Å². The van der Waals surface area contributed by atoms with Crippen molar-refractivity contribution in [3.05, 3.63) is 41.5 Å². The lowest BCUT2D eigenvalue weighted by Gasteiger charge is -2.13. The third-order valence-electron chi connectivity index (χ3n) is 4.33. The number of carbonyl (C=O) groups excluding carboxylic acids is 2. The Morgan fingerprint density at radius 2 is 2.04 bits per heavy atom. The van der Waals surface area contributed by atoms with E-state index in [4.69, 9.17) is 5.73 Å². The number of rotatable bonds is 7. The van der Waals surface area contributed by atoms with E-state index in [1.807, 2.05) is 12.1 Å². The minimum Gasteiger partial charge on any atom is -0.366 e. The minimum atomic E-state index is -0.563. The Kier molecular flexibility index (Phi) is 5.14. The molecule has 0 aromatic carbocycles. The molecule has 3 aromatic rings. The molecular weight excluding hydrogens is 396 g/mol. The van der Waals surface area contributed by atoms with Crippen molar-refractivity contribution in [1.82, 2.24) is 19.7 Å². The van der Waals surface area contributed by atoms with Crippen LogP contribution in [-0.4, -0.2) is 36.8 Å². The van der Waals surface area contributed by atoms with E-state index in [9.17, 15) is 9.59 Å². The molecule has 0 saturated heterocycles. The molecule has 0 unspecified atom stereocenters. The number of thioether (sulfide) groups is 1. The van der Waals surface area contributed by atoms with Gasteiger partial charge in [0.25, 0.3) is 5.91 Å². The first-order valence-electron chi connectivity index (χ1n) is 8.74. The number of thiophene rings is 1. The Hall–Kier alpha value is -2.72. The van der Waals surface area contributed by atoms with Gasteiger partial charge in [-0.25, -0.2) is 0 Å². The van der Waals surface area contributed by atoms with E-state index in [0.717, 1.165) is 24.2 Å². The number of nitrogens with two attached hydrogens (primary N) is 1. The van der Waals surface area contributed by atoms with Crippen LogP contribution in [-0.2, 0) is 4.79 Å². The standard InChI is InChI=1S/C18H18N6O2S2/c1-10(16(26)21-17-13(14(19)25)6-9-27-17)28-18-23-22-15(24(18)12-2-3-12)11-4-7-20-8-5-11/h4-10,12H,2-3H2,1H3,(H2,19,25)(H,21,26)/t10-/m0/s1. The maximum Gasteiger partial charge on any atom is 0.251 e. The smallest absolute Gasteiger partial charge is 0.251 e. The number of primary amides is 1. The van der Waals surface area contributed by atoms with Crippen molar-refractivity contribution in [2.45, 2.75) is 36.2 Å². The summed E-state index contributed by atoms with van der Waals surface area (Å²) in [7, 11) is 0. The van der Waals surface area contributed by atoms with Crippen molar-refractivity contribution in [2.24, 2.45) is 5.73 Å². The van der Waals surface area contributed by atoms with Gasteiger partial charge in [0.1, 0.15) is 5.00 Å². The van der Waals surface area contributed by atoms with Crippen molar-refractivity contribution in [3.63, 3.8) is 0 Å². The molecule has 0 spiro atoms. The molecule has 1 fully saturated rings. The third kappa shape index (κ3) is 3.78. The van der Waals surface area contributed by atoms with Crippen molar-refractivity contribution in [2.75, 3.05) is 5.32 Å². The summed E-state index contributed by atoms with van der Waals surface area (Å²) in [6.45, 7) is 1.80. The monoisotopic (exact) mass is 414 g/mol. The second-order valence-corrected chi connectivity index (χ2v) is 8.64. The van der Waals surface area contributed by atoms with Crippen molar-refractivity contribution < 1.29 is 9.59 Å². The molecule has 0 radical (unpaired) electrons. The normalized spacial score (nSPS) is 14.6. The Bertz CT molecular complexity index is 1010. The molecule has 1 aliphatic rings. The molecule has 1 saturated carbocycles. The first kappa shape index (κ1) is 18.6. The lowest BCUT2D eigenvalue weighted by molar-refractivity contribution is -0.115. The predicted molar refractivity (Wildman–Crippen MR) is 108 cm³/mol. The molecule has 0 bridgehead atoms. The van der Waals surface area contributed by atoms with Crippen molar-refractivity contribution in [3.8, 4) is 11.4 Å². The van der Waals surface area contributed by atoms with Crippen molar-refractivity contribution >= 4 is 39.9 Å². The zero-order chi connectivity index (χ0) is 19.7. The zero-order valence-electron chi connectivity index (χ0n) is 15.0. The molecule has 4 rings (SSSR count). The van der Waals surface area contributed by atoms with Crippen LogP contribution >= 0.6 is 23.1 Å². The van der Waals surface area contributed by atoms with E-state index in [0.29, 0.717) is 21.8 Å². The van der Waals surface area contributed by atoms with Crippen molar-refractivity contribution in [1.29, 1.82) is 0 Å². The van der Waals surface area contributed by atoms with E-state index < -0.39 is 11.2 Å². The van der Waals surface area contributed by atoms with Crippen LogP contribution in [0.25, 0.3) is 11.4 Å². The highest BCUT2D eigenvalue weighted by Gasteiger charge is 2.31. The molecule has 0 aliphatic heterocycles. The van der Waals surface area contributed by atoms with Gasteiger partial charge >= 0.3 is 0 Å². The summed E-state index contributed by atoms with van der Waals surface area (Å²) in [6.07, 6.45) is 5.59. The Morgan fingerprint density at radius 1 is 1.29 bits per heavy atom. The van der Waals surface area contributed by atoms with E-state index >= 15 is 0 Å². The van der Waals surface area contributed by atoms with Crippen LogP contribution in [0.1, 0.15) is 36.2 Å². The van der Waals surface area contributed by atoms with Gasteiger partial charge in [0, 0.05) is 24.0 Å². The number of hydrogen-bond donors (Lipinski definition) is 2. The van der Waals surface area contributed by atoms with Crippen LogP contribution in [0.2, 0.25) is 0 Å². The fourth-order valence-electron chi connectivity index (χ4n) is 2.74. The summed E-state index contributed by atoms with van der Waals surface area (Å²) in [6, 6.07) is 5.76. The predicted octanol–water partition coefficient (Wildman–Crippen LogP) is 2.95. The van der Waals surface area contributed by atoms with Gasteiger partial charge in [-0.3, -0.25) is 19.1 Å². The number of nitrogens with one attached hydrogen (secondary N) is 1. The summed E-state index contributed by atoms with van der Waals surface area (Å²) in [5.74, 6) is 0.00682. The maximum atomic E-state index is 12.6. The summed E-state index contributed by atoms with van der Waals surface area (Å²) >= 11 is 2.62. The first-order valence-corrected chi connectivity index (χ1v) is 10.5. The summed E-state index contributed by atoms with van der Waals surface area (Å²) < 4.78 is 2.10. The van der Waals surface area contributed by atoms with Crippen LogP contribution in [0.3, 0.4) is 0 Å². The number of aromatic nitrogens is 4. The number of anilines is 1. The average molecular weight is 415 g/mol. The van der Waals surface area contributed by atoms with Gasteiger partial charge in [-0.1, -0.05) is 11.8 Å². The van der Waals surface area contributed by atoms with Gasteiger partial charge in [-0.2, -0.15) is 0 Å². The second-order valence-electron chi connectivity index (χ2n) is 6.42. The molecule has 10 heteroatoms. The van der Waals surface area contributed by atoms with Gasteiger partial charge in [-0.05, 0) is 43.3 Å². The molecule has 3 N–H and O–H groups in total. The molecular formula is C18H18N6O2S2. The fourth-order valence-corrected chi connectivity index (χ4v) is 4.46. The number of carbonyl (C=O) groups is 2. The average Bonchev–Trinajstić information content (AvgIpc) is 3.27. The van der Waals surface area contributed by atoms with Crippen LogP contribution in [0, 0.1) is 0 Å². The largest absolute Gasteiger partial charge is 0.366 e. The van der Waals surface area contributed by atoms with Crippen LogP contribution in [0.15, 0.2) is 41.1 Å². The Balaban J connectivity index is 1.52. The maximum absolute atomic E-state index is 12.6. The first-order chi connectivity index (χ1) is 13.5. The van der Waals surface area contributed by atoms with Crippen LogP contribution in [0.5, 0.6) is 0 Å². The molecule has 28 heavy (non-hydrogen) atoms. The van der Waals surface area contributed by atoms with Crippen LogP contribution in [0.4, 0.5) is 5.00 Å². The molecule has 1 atom stereocenters. The molecule has 3 aromatic heterocycles. The van der Waals surface area contributed by atoms with Crippen LogP contribution < -0.4 is 11.1 Å². The summed E-state index contributed by atoms with van der Waals surface area (Å²) in [4.78, 5) is 28.1. The quantitative estimate of drug-likeness (QED) is 0.574. The zero-order valence-corrected chi connectivity index (χ0v) is 16.7. The minimum absolute atomic E-state index is 0.217. The number of pyridine rings is 1. The lowest BCUT2D eigenvalue weighted by Crippen LogP contribution is -2.24. The highest BCUT2D eigenvalue weighted by atomic mass is 32.2. The Morgan fingerprint density at radius 3 is 2.71 bits per heavy atom. The second kappa shape index (κ2) is 7.72. The van der Waals surface area contributed by atoms with E-state index in [1.54, 1.807) is 30.8 Å². The molecule has 3 heterocycles. The molecule has 2 amide bonds. The summed E-state index contributed by atoms with van der Waals surface area (Å²) in [5.41, 5.74) is 6.60. The SMILES string of the molecule is C[C@H](Sc1nnc(-c2ccncc2)n1C1CC1)C(=O)Nc1sccc1C(N)=O. The fraction of sp³-hybridized carbons (Fsp3) is 0.278. The highest BCUT2D eigenvalue weighted by molar-refractivity contribution is 8.00. The van der Waals surface area contributed by atoms with E-state index in [1.165, 1.54) is 23.1 Å². The topological polar surface area (TPSA) is 116 Å². The number of hydrogen-bond acceptors (Lipinski definition) is 7. The van der Waals surface area contributed by atoms with Gasteiger partial charge < -0.3 is 11.1 Å². The van der Waals surface area contributed by atoms with Gasteiger partial charge in [-0.15, -0.1) is 21.5 Å². The molecule has 8 nitrogen and oxygen atoms in total. The highest BCUT2D eigenvalue weighted by Crippen LogP contribution is 2.41. The van der Waals surface area contributed by atoms with E-state index in [2.05, 4.69) is 25.1 Å². The molecule has 144 valence electrons. The van der Waals surface area contributed by atoms with Gasteiger partial charge in [0.2, 0.25) is 5.91 Å². The van der Waals surface area contributed by atoms with Gasteiger partial charge in [0.15, 0.2) is 11.0 Å². The summed E-state index contributed by atoms with van der Waals surface area (Å²) in [5, 5.41) is 13.9. The lowest BCUT2D eigenvalue weighted by atomic mass is 10.2. The van der Waals surface area contributed by atoms with E-state index in [-0.39, 0.29) is 5.91 Å². The van der Waals surface area contributed by atoms with Gasteiger partial charge in [0.05, 0.1) is 10.8 Å². The number of nitrogens with zero attached hydrogens (tertiary/aromatic N) is 4. The third-order valence-corrected chi connectivity index (χ3v) is 6.22. The number of amides is 2.